The van der Waals surface area contributed by atoms with Gasteiger partial charge in [-0.05, 0) is 18.2 Å². The van der Waals surface area contributed by atoms with Crippen LogP contribution in [0.5, 0.6) is 5.75 Å². The van der Waals surface area contributed by atoms with Gasteiger partial charge in [0.15, 0.2) is 5.75 Å². The van der Waals surface area contributed by atoms with Crippen LogP contribution in [0.25, 0.3) is 0 Å². The minimum Gasteiger partial charge on any atom is -0.404 e. The molecule has 1 aromatic heterocycles. The number of benzene rings is 1. The molecule has 0 aliphatic rings. The first-order valence-electron chi connectivity index (χ1n) is 5.72. The van der Waals surface area contributed by atoms with Crippen molar-refractivity contribution in [3.63, 3.8) is 0 Å². The van der Waals surface area contributed by atoms with Gasteiger partial charge in [0, 0.05) is 18.1 Å². The first-order valence-corrected chi connectivity index (χ1v) is 5.72. The van der Waals surface area contributed by atoms with Crippen molar-refractivity contribution < 1.29 is 22.7 Å². The predicted molar refractivity (Wildman–Crippen MR) is 69.7 cm³/mol. The molecule has 0 saturated carbocycles. The molecular formula is C13H10F3N3O2. The van der Waals surface area contributed by atoms with E-state index in [0.717, 1.165) is 6.07 Å². The number of aromatic nitrogens is 1. The van der Waals surface area contributed by atoms with Gasteiger partial charge < -0.3 is 15.8 Å². The highest BCUT2D eigenvalue weighted by Gasteiger charge is 2.32. The fourth-order valence-electron chi connectivity index (χ4n) is 1.57. The largest absolute Gasteiger partial charge is 0.573 e. The summed E-state index contributed by atoms with van der Waals surface area (Å²) in [6.07, 6.45) is -2.24. The number of nitrogen functional groups attached to an aromatic ring is 1. The van der Waals surface area contributed by atoms with Crippen molar-refractivity contribution in [2.24, 2.45) is 0 Å². The number of hydrogen-bond acceptors (Lipinski definition) is 4. The minimum atomic E-state index is -4.85. The standard InChI is InChI=1S/C13H10F3N3O2/c14-13(15,16)21-11-4-2-1-3-10(11)19-12(20)8-7-18-6-5-9(8)17/h1-7H,(H2,17,18)(H,19,20). The van der Waals surface area contributed by atoms with Crippen molar-refractivity contribution in [1.82, 2.24) is 4.98 Å². The second-order valence-corrected chi connectivity index (χ2v) is 3.96. The normalized spacial score (nSPS) is 11.0. The number of carbonyl (C=O) groups is 1. The fraction of sp³-hybridized carbons (Fsp3) is 0.0769. The number of carbonyl (C=O) groups excluding carboxylic acids is 1. The zero-order valence-corrected chi connectivity index (χ0v) is 10.5. The first-order chi connectivity index (χ1) is 9.87. The maximum Gasteiger partial charge on any atom is 0.573 e. The number of rotatable bonds is 3. The second-order valence-electron chi connectivity index (χ2n) is 3.96. The molecule has 3 N–H and O–H groups in total. The van der Waals surface area contributed by atoms with E-state index in [4.69, 9.17) is 5.73 Å². The highest BCUT2D eigenvalue weighted by molar-refractivity contribution is 6.08. The van der Waals surface area contributed by atoms with Gasteiger partial charge in [-0.15, -0.1) is 13.2 Å². The number of anilines is 2. The molecule has 21 heavy (non-hydrogen) atoms. The third kappa shape index (κ3) is 3.85. The van der Waals surface area contributed by atoms with Crippen molar-refractivity contribution in [1.29, 1.82) is 0 Å². The Balaban J connectivity index is 2.24. The summed E-state index contributed by atoms with van der Waals surface area (Å²) in [6, 6.07) is 6.61. The molecule has 8 heteroatoms. The van der Waals surface area contributed by atoms with Gasteiger partial charge in [0.2, 0.25) is 0 Å². The summed E-state index contributed by atoms with van der Waals surface area (Å²) < 4.78 is 40.7. The molecule has 0 bridgehead atoms. The lowest BCUT2D eigenvalue weighted by atomic mass is 10.2. The number of nitrogens with two attached hydrogens (primary N) is 1. The highest BCUT2D eigenvalue weighted by atomic mass is 19.4. The number of nitrogens with zero attached hydrogens (tertiary/aromatic N) is 1. The molecule has 0 spiro atoms. The van der Waals surface area contributed by atoms with Gasteiger partial charge in [-0.1, -0.05) is 12.1 Å². The van der Waals surface area contributed by atoms with Gasteiger partial charge in [0.05, 0.1) is 11.3 Å². The van der Waals surface area contributed by atoms with Crippen LogP contribution in [0.1, 0.15) is 10.4 Å². The Morgan fingerprint density at radius 2 is 1.95 bits per heavy atom. The summed E-state index contributed by atoms with van der Waals surface area (Å²) in [6.45, 7) is 0. The Labute approximate surface area is 117 Å². The predicted octanol–water partition coefficient (Wildman–Crippen LogP) is 2.81. The second kappa shape index (κ2) is 5.70. The summed E-state index contributed by atoms with van der Waals surface area (Å²) in [5.74, 6) is -1.19. The molecule has 0 aliphatic carbocycles. The van der Waals surface area contributed by atoms with Crippen molar-refractivity contribution in [2.45, 2.75) is 6.36 Å². The summed E-state index contributed by atoms with van der Waals surface area (Å²) >= 11 is 0. The van der Waals surface area contributed by atoms with Crippen LogP contribution >= 0.6 is 0 Å². The van der Waals surface area contributed by atoms with E-state index in [1.165, 1.54) is 36.7 Å². The van der Waals surface area contributed by atoms with Gasteiger partial charge in [-0.3, -0.25) is 9.78 Å². The molecule has 1 amide bonds. The Morgan fingerprint density at radius 1 is 1.24 bits per heavy atom. The van der Waals surface area contributed by atoms with E-state index in [1.54, 1.807) is 0 Å². The molecule has 2 aromatic rings. The first kappa shape index (κ1) is 14.6. The maximum absolute atomic E-state index is 12.3. The van der Waals surface area contributed by atoms with Crippen LogP contribution in [-0.4, -0.2) is 17.3 Å². The van der Waals surface area contributed by atoms with Crippen LogP contribution in [0, 0.1) is 0 Å². The van der Waals surface area contributed by atoms with E-state index >= 15 is 0 Å². The lowest BCUT2D eigenvalue weighted by Gasteiger charge is -2.14. The Bertz CT molecular complexity index is 659. The van der Waals surface area contributed by atoms with Gasteiger partial charge in [0.1, 0.15) is 0 Å². The summed E-state index contributed by atoms with van der Waals surface area (Å²) in [5, 5.41) is 2.31. The van der Waals surface area contributed by atoms with Crippen LogP contribution in [0.15, 0.2) is 42.7 Å². The molecule has 0 fully saturated rings. The maximum atomic E-state index is 12.3. The van der Waals surface area contributed by atoms with Crippen LogP contribution in [-0.2, 0) is 0 Å². The van der Waals surface area contributed by atoms with Crippen LogP contribution < -0.4 is 15.8 Å². The molecule has 0 saturated heterocycles. The molecule has 0 aliphatic heterocycles. The van der Waals surface area contributed by atoms with Crippen molar-refractivity contribution in [2.75, 3.05) is 11.1 Å². The average Bonchev–Trinajstić information content (AvgIpc) is 2.40. The Kier molecular flexibility index (Phi) is 3.97. The monoisotopic (exact) mass is 297 g/mol. The smallest absolute Gasteiger partial charge is 0.404 e. The number of halogens is 3. The SMILES string of the molecule is Nc1ccncc1C(=O)Nc1ccccc1OC(F)(F)F. The zero-order chi connectivity index (χ0) is 15.5. The number of para-hydroxylation sites is 2. The number of alkyl halides is 3. The minimum absolute atomic E-state index is 0.0549. The summed E-state index contributed by atoms with van der Waals surface area (Å²) in [7, 11) is 0. The third-order valence-electron chi connectivity index (χ3n) is 2.46. The van der Waals surface area contributed by atoms with Gasteiger partial charge in [-0.25, -0.2) is 0 Å². The quantitative estimate of drug-likeness (QED) is 0.913. The fourth-order valence-corrected chi connectivity index (χ4v) is 1.57. The molecule has 2 rings (SSSR count). The lowest BCUT2D eigenvalue weighted by Crippen LogP contribution is -2.20. The topological polar surface area (TPSA) is 77.2 Å². The van der Waals surface area contributed by atoms with E-state index in [0.29, 0.717) is 0 Å². The third-order valence-corrected chi connectivity index (χ3v) is 2.46. The lowest BCUT2D eigenvalue weighted by molar-refractivity contribution is -0.274. The molecule has 1 aromatic carbocycles. The van der Waals surface area contributed by atoms with Crippen molar-refractivity contribution in [3.05, 3.63) is 48.3 Å². The van der Waals surface area contributed by atoms with Gasteiger partial charge in [-0.2, -0.15) is 0 Å². The van der Waals surface area contributed by atoms with Crippen LogP contribution in [0.4, 0.5) is 24.5 Å². The summed E-state index contributed by atoms with van der Waals surface area (Å²) in [4.78, 5) is 15.7. The molecule has 110 valence electrons. The number of amides is 1. The van der Waals surface area contributed by atoms with Gasteiger partial charge >= 0.3 is 6.36 Å². The number of ether oxygens (including phenoxy) is 1. The number of hydrogen-bond donors (Lipinski definition) is 2. The van der Waals surface area contributed by atoms with Crippen molar-refractivity contribution >= 4 is 17.3 Å². The van der Waals surface area contributed by atoms with E-state index < -0.39 is 18.0 Å². The van der Waals surface area contributed by atoms with E-state index in [-0.39, 0.29) is 16.9 Å². The van der Waals surface area contributed by atoms with Crippen LogP contribution in [0.3, 0.4) is 0 Å². The molecule has 1 heterocycles. The van der Waals surface area contributed by atoms with E-state index in [2.05, 4.69) is 15.0 Å². The average molecular weight is 297 g/mol. The Morgan fingerprint density at radius 3 is 2.62 bits per heavy atom. The molecule has 0 radical (unpaired) electrons. The van der Waals surface area contributed by atoms with Gasteiger partial charge in [0.25, 0.3) is 5.91 Å². The molecule has 0 atom stereocenters. The Hall–Kier alpha value is -2.77. The van der Waals surface area contributed by atoms with Crippen LogP contribution in [0.2, 0.25) is 0 Å². The molecule has 5 nitrogen and oxygen atoms in total. The number of pyridine rings is 1. The van der Waals surface area contributed by atoms with E-state index in [9.17, 15) is 18.0 Å². The molecular weight excluding hydrogens is 287 g/mol. The number of nitrogens with one attached hydrogen (secondary N) is 1. The highest BCUT2D eigenvalue weighted by Crippen LogP contribution is 2.30. The molecule has 0 unspecified atom stereocenters. The van der Waals surface area contributed by atoms with Crippen molar-refractivity contribution in [3.8, 4) is 5.75 Å². The zero-order valence-electron chi connectivity index (χ0n) is 10.5. The summed E-state index contributed by atoms with van der Waals surface area (Å²) in [5.41, 5.74) is 5.70. The van der Waals surface area contributed by atoms with E-state index in [1.807, 2.05) is 0 Å².